The van der Waals surface area contributed by atoms with E-state index >= 15 is 0 Å². The van der Waals surface area contributed by atoms with Crippen LogP contribution in [0.1, 0.15) is 30.8 Å². The first-order valence-corrected chi connectivity index (χ1v) is 8.14. The summed E-state index contributed by atoms with van der Waals surface area (Å²) in [7, 11) is 0. The van der Waals surface area contributed by atoms with E-state index in [1.807, 2.05) is 0 Å². The van der Waals surface area contributed by atoms with Crippen molar-refractivity contribution in [3.8, 4) is 0 Å². The Morgan fingerprint density at radius 3 is 2.91 bits per heavy atom. The summed E-state index contributed by atoms with van der Waals surface area (Å²) in [6, 6.07) is -0.940. The summed E-state index contributed by atoms with van der Waals surface area (Å²) in [5, 5.41) is 19.8. The van der Waals surface area contributed by atoms with Crippen molar-refractivity contribution in [2.24, 2.45) is 0 Å². The fourth-order valence-electron chi connectivity index (χ4n) is 3.08. The third-order valence-corrected chi connectivity index (χ3v) is 5.65. The minimum absolute atomic E-state index is 0.120. The number of β-lactam (4-membered cyclic amide) rings is 1. The first kappa shape index (κ1) is 15.8. The van der Waals surface area contributed by atoms with Crippen molar-refractivity contribution in [1.29, 1.82) is 0 Å². The molecule has 2 saturated heterocycles. The van der Waals surface area contributed by atoms with Crippen LogP contribution < -0.4 is 5.32 Å². The van der Waals surface area contributed by atoms with Crippen molar-refractivity contribution < 1.29 is 19.5 Å². The first-order chi connectivity index (χ1) is 10.9. The molecule has 3 heterocycles. The van der Waals surface area contributed by atoms with Gasteiger partial charge in [-0.2, -0.15) is 0 Å². The Morgan fingerprint density at radius 1 is 1.57 bits per heavy atom. The van der Waals surface area contributed by atoms with E-state index in [0.29, 0.717) is 13.0 Å². The highest BCUT2D eigenvalue weighted by Crippen LogP contribution is 2.51. The molecule has 3 atom stereocenters. The van der Waals surface area contributed by atoms with Crippen molar-refractivity contribution in [3.63, 3.8) is 0 Å². The highest BCUT2D eigenvalue weighted by molar-refractivity contribution is 8.01. The quantitative estimate of drug-likeness (QED) is 0.697. The molecule has 0 radical (unpaired) electrons. The number of amides is 2. The number of aromatic nitrogens is 3. The Kier molecular flexibility index (Phi) is 3.78. The number of carboxylic acids is 1. The third kappa shape index (κ3) is 2.46. The van der Waals surface area contributed by atoms with Crippen LogP contribution in [0.5, 0.6) is 0 Å². The van der Waals surface area contributed by atoms with E-state index in [9.17, 15) is 19.5 Å². The molecular formula is C13H17N5O4S. The zero-order valence-electron chi connectivity index (χ0n) is 12.7. The Bertz CT molecular complexity index is 677. The van der Waals surface area contributed by atoms with Gasteiger partial charge in [-0.25, -0.2) is 9.48 Å². The molecule has 2 aliphatic heterocycles. The van der Waals surface area contributed by atoms with Crippen LogP contribution >= 0.6 is 11.8 Å². The predicted octanol–water partition coefficient (Wildman–Crippen LogP) is -0.455. The van der Waals surface area contributed by atoms with E-state index in [-0.39, 0.29) is 29.4 Å². The average Bonchev–Trinajstić information content (AvgIpc) is 3.00. The molecule has 0 aliphatic carbocycles. The lowest BCUT2D eigenvalue weighted by Crippen LogP contribution is -2.58. The van der Waals surface area contributed by atoms with Crippen molar-refractivity contribution in [3.05, 3.63) is 11.9 Å². The molecule has 10 heteroatoms. The molecule has 3 unspecified atom stereocenters. The molecule has 2 fully saturated rings. The molecular weight excluding hydrogens is 322 g/mol. The summed E-state index contributed by atoms with van der Waals surface area (Å²) in [5.74, 6) is -1.51. The molecule has 2 aliphatic rings. The van der Waals surface area contributed by atoms with Gasteiger partial charge in [0.1, 0.15) is 11.7 Å². The van der Waals surface area contributed by atoms with E-state index in [2.05, 4.69) is 15.6 Å². The molecule has 124 valence electrons. The van der Waals surface area contributed by atoms with Crippen LogP contribution in [-0.2, 0) is 16.1 Å². The van der Waals surface area contributed by atoms with Crippen LogP contribution in [0.15, 0.2) is 6.20 Å². The fraction of sp³-hybridized carbons (Fsp3) is 0.615. The van der Waals surface area contributed by atoms with Gasteiger partial charge in [0.2, 0.25) is 5.91 Å². The number of aliphatic carboxylic acids is 1. The molecule has 2 N–H and O–H groups in total. The highest BCUT2D eigenvalue weighted by atomic mass is 32.2. The second-order valence-corrected chi connectivity index (χ2v) is 7.48. The normalized spacial score (nSPS) is 29.1. The molecule has 3 rings (SSSR count). The minimum Gasteiger partial charge on any atom is -0.480 e. The van der Waals surface area contributed by atoms with Gasteiger partial charge in [-0.05, 0) is 13.8 Å². The maximum absolute atomic E-state index is 12.0. The van der Waals surface area contributed by atoms with Crippen LogP contribution in [-0.4, -0.2) is 65.5 Å². The van der Waals surface area contributed by atoms with Gasteiger partial charge < -0.3 is 15.3 Å². The minimum atomic E-state index is -1.05. The zero-order chi connectivity index (χ0) is 16.8. The monoisotopic (exact) mass is 339 g/mol. The lowest BCUT2D eigenvalue weighted by Gasteiger charge is -2.36. The molecule has 0 spiro atoms. The molecule has 2 amide bonds. The number of hydrogen-bond donors (Lipinski definition) is 2. The SMILES string of the molecule is CCNC(=O)c1cnnn1CC1(C)SC2CC(=O)N2C1C(=O)O. The topological polar surface area (TPSA) is 117 Å². The van der Waals surface area contributed by atoms with Gasteiger partial charge in [0.15, 0.2) is 0 Å². The van der Waals surface area contributed by atoms with Gasteiger partial charge in [0.25, 0.3) is 5.91 Å². The summed E-state index contributed by atoms with van der Waals surface area (Å²) >= 11 is 1.44. The van der Waals surface area contributed by atoms with Crippen LogP contribution in [0.3, 0.4) is 0 Å². The van der Waals surface area contributed by atoms with Gasteiger partial charge in [-0.1, -0.05) is 5.21 Å². The van der Waals surface area contributed by atoms with Gasteiger partial charge in [-0.15, -0.1) is 16.9 Å². The molecule has 9 nitrogen and oxygen atoms in total. The molecule has 1 aromatic heterocycles. The maximum atomic E-state index is 12.0. The van der Waals surface area contributed by atoms with E-state index < -0.39 is 16.8 Å². The average molecular weight is 339 g/mol. The fourth-order valence-corrected chi connectivity index (χ4v) is 4.82. The summed E-state index contributed by atoms with van der Waals surface area (Å²) < 4.78 is 0.627. The smallest absolute Gasteiger partial charge is 0.327 e. The molecule has 0 bridgehead atoms. The predicted molar refractivity (Wildman–Crippen MR) is 80.7 cm³/mol. The maximum Gasteiger partial charge on any atom is 0.327 e. The zero-order valence-corrected chi connectivity index (χ0v) is 13.5. The number of thioether (sulfide) groups is 1. The Labute approximate surface area is 136 Å². The van der Waals surface area contributed by atoms with Crippen molar-refractivity contribution in [2.75, 3.05) is 6.54 Å². The molecule has 1 aromatic rings. The molecule has 0 saturated carbocycles. The van der Waals surface area contributed by atoms with Crippen LogP contribution in [0.4, 0.5) is 0 Å². The summed E-state index contributed by atoms with van der Waals surface area (Å²) in [6.45, 7) is 4.24. The Morgan fingerprint density at radius 2 is 2.30 bits per heavy atom. The summed E-state index contributed by atoms with van der Waals surface area (Å²) in [6.07, 6.45) is 1.70. The Hall–Kier alpha value is -2.10. The van der Waals surface area contributed by atoms with Crippen LogP contribution in [0, 0.1) is 0 Å². The van der Waals surface area contributed by atoms with Crippen molar-refractivity contribution in [1.82, 2.24) is 25.2 Å². The summed E-state index contributed by atoms with van der Waals surface area (Å²) in [5.41, 5.74) is 0.276. The van der Waals surface area contributed by atoms with Gasteiger partial charge in [0, 0.05) is 6.54 Å². The number of carboxylic acid groups (broad SMARTS) is 1. The lowest BCUT2D eigenvalue weighted by atomic mass is 9.96. The van der Waals surface area contributed by atoms with Gasteiger partial charge in [0.05, 0.1) is 29.3 Å². The third-order valence-electron chi connectivity index (χ3n) is 4.09. The van der Waals surface area contributed by atoms with E-state index in [1.54, 1.807) is 13.8 Å². The number of rotatable bonds is 5. The van der Waals surface area contributed by atoms with E-state index in [0.717, 1.165) is 0 Å². The second kappa shape index (κ2) is 5.52. The van der Waals surface area contributed by atoms with Gasteiger partial charge >= 0.3 is 5.97 Å². The number of hydrogen-bond acceptors (Lipinski definition) is 6. The summed E-state index contributed by atoms with van der Waals surface area (Å²) in [4.78, 5) is 36.8. The van der Waals surface area contributed by atoms with E-state index in [4.69, 9.17) is 0 Å². The number of nitrogens with zero attached hydrogens (tertiary/aromatic N) is 4. The van der Waals surface area contributed by atoms with Gasteiger partial charge in [-0.3, -0.25) is 9.59 Å². The molecule has 23 heavy (non-hydrogen) atoms. The first-order valence-electron chi connectivity index (χ1n) is 7.26. The highest BCUT2D eigenvalue weighted by Gasteiger charge is 2.61. The van der Waals surface area contributed by atoms with E-state index in [1.165, 1.54) is 27.5 Å². The molecule has 0 aromatic carbocycles. The largest absolute Gasteiger partial charge is 0.480 e. The standard InChI is InChI=1S/C13H17N5O4S/c1-3-14-11(20)7-5-15-16-17(7)6-13(2)10(12(21)22)18-8(19)4-9(18)23-13/h5,9-10H,3-4,6H2,1-2H3,(H,14,20)(H,21,22). The van der Waals surface area contributed by atoms with Crippen molar-refractivity contribution >= 4 is 29.5 Å². The number of fused-ring (bicyclic) bond motifs is 1. The number of nitrogens with one attached hydrogen (secondary N) is 1. The Balaban J connectivity index is 1.87. The van der Waals surface area contributed by atoms with Crippen molar-refractivity contribution in [2.45, 2.75) is 43.0 Å². The number of carbonyl (C=O) groups excluding carboxylic acids is 2. The van der Waals surface area contributed by atoms with Crippen LogP contribution in [0.2, 0.25) is 0 Å². The van der Waals surface area contributed by atoms with Crippen LogP contribution in [0.25, 0.3) is 0 Å². The lowest BCUT2D eigenvalue weighted by molar-refractivity contribution is -0.157. The number of carbonyl (C=O) groups is 3. The second-order valence-electron chi connectivity index (χ2n) is 5.77.